The molecule has 3 aromatic carbocycles. The quantitative estimate of drug-likeness (QED) is 0.229. The molecule has 206 valence electrons. The van der Waals surface area contributed by atoms with Gasteiger partial charge in [-0.3, -0.25) is 4.79 Å². The summed E-state index contributed by atoms with van der Waals surface area (Å²) in [6, 6.07) is 18.5. The first-order valence-corrected chi connectivity index (χ1v) is 14.0. The Morgan fingerprint density at radius 1 is 0.872 bits per heavy atom. The SMILES string of the molecule is CC(C)CN(CC(C)C)c1ccc([C@H]2C[C@H]2C(=O)O)cc1NC(=O)Nc1ccc(-c2ccc(Cl)c(Cl)c2)cc1. The van der Waals surface area contributed by atoms with Gasteiger partial charge >= 0.3 is 12.0 Å². The van der Waals surface area contributed by atoms with Crippen LogP contribution in [0.5, 0.6) is 0 Å². The fourth-order valence-electron chi connectivity index (χ4n) is 4.86. The Kier molecular flexibility index (Phi) is 9.08. The zero-order chi connectivity index (χ0) is 28.3. The number of nitrogens with zero attached hydrogens (tertiary/aromatic N) is 1. The van der Waals surface area contributed by atoms with Gasteiger partial charge in [0.25, 0.3) is 0 Å². The highest BCUT2D eigenvalue weighted by Gasteiger charge is 2.44. The van der Waals surface area contributed by atoms with Crippen LogP contribution in [0.25, 0.3) is 11.1 Å². The summed E-state index contributed by atoms with van der Waals surface area (Å²) in [7, 11) is 0. The topological polar surface area (TPSA) is 81.7 Å². The van der Waals surface area contributed by atoms with Crippen LogP contribution in [0.4, 0.5) is 21.9 Å². The summed E-state index contributed by atoms with van der Waals surface area (Å²) in [5.41, 5.74) is 5.06. The van der Waals surface area contributed by atoms with Crippen molar-refractivity contribution < 1.29 is 14.7 Å². The number of nitrogens with one attached hydrogen (secondary N) is 2. The highest BCUT2D eigenvalue weighted by Crippen LogP contribution is 2.49. The molecular formula is C31H35Cl2N3O3. The van der Waals surface area contributed by atoms with Crippen LogP contribution >= 0.6 is 23.2 Å². The lowest BCUT2D eigenvalue weighted by atomic mass is 10.0. The lowest BCUT2D eigenvalue weighted by molar-refractivity contribution is -0.138. The molecule has 2 amide bonds. The number of carbonyl (C=O) groups is 2. The number of aliphatic carboxylic acids is 1. The van der Waals surface area contributed by atoms with Crippen LogP contribution in [-0.2, 0) is 4.79 Å². The maximum atomic E-state index is 13.1. The monoisotopic (exact) mass is 567 g/mol. The van der Waals surface area contributed by atoms with E-state index in [1.54, 1.807) is 6.07 Å². The number of hydrogen-bond acceptors (Lipinski definition) is 3. The maximum Gasteiger partial charge on any atom is 0.323 e. The Morgan fingerprint density at radius 3 is 2.08 bits per heavy atom. The van der Waals surface area contributed by atoms with E-state index in [9.17, 15) is 14.7 Å². The van der Waals surface area contributed by atoms with Gasteiger partial charge in [0, 0.05) is 18.8 Å². The molecule has 0 bridgehead atoms. The summed E-state index contributed by atoms with van der Waals surface area (Å²) in [5.74, 6) is -0.313. The number of rotatable bonds is 10. The summed E-state index contributed by atoms with van der Waals surface area (Å²) in [6.45, 7) is 10.4. The molecule has 3 N–H and O–H groups in total. The second kappa shape index (κ2) is 12.3. The fourth-order valence-corrected chi connectivity index (χ4v) is 5.15. The highest BCUT2D eigenvalue weighted by molar-refractivity contribution is 6.42. The second-order valence-corrected chi connectivity index (χ2v) is 11.9. The Labute approximate surface area is 240 Å². The van der Waals surface area contributed by atoms with Crippen molar-refractivity contribution in [2.24, 2.45) is 17.8 Å². The molecule has 0 aromatic heterocycles. The normalized spacial score (nSPS) is 16.3. The van der Waals surface area contributed by atoms with Crippen LogP contribution < -0.4 is 15.5 Å². The van der Waals surface area contributed by atoms with Crippen molar-refractivity contribution >= 4 is 52.3 Å². The Hall–Kier alpha value is -3.22. The molecule has 4 rings (SSSR count). The first kappa shape index (κ1) is 28.8. The number of carboxylic acid groups (broad SMARTS) is 1. The van der Waals surface area contributed by atoms with Crippen LogP contribution in [0.15, 0.2) is 60.7 Å². The van der Waals surface area contributed by atoms with Crippen molar-refractivity contribution in [2.45, 2.75) is 40.0 Å². The van der Waals surface area contributed by atoms with Crippen molar-refractivity contribution in [3.63, 3.8) is 0 Å². The van der Waals surface area contributed by atoms with Crippen molar-refractivity contribution in [1.29, 1.82) is 0 Å². The van der Waals surface area contributed by atoms with Crippen LogP contribution in [-0.4, -0.2) is 30.2 Å². The van der Waals surface area contributed by atoms with E-state index < -0.39 is 5.97 Å². The minimum atomic E-state index is -0.776. The molecule has 1 saturated carbocycles. The van der Waals surface area contributed by atoms with Gasteiger partial charge in [-0.2, -0.15) is 0 Å². The Morgan fingerprint density at radius 2 is 1.51 bits per heavy atom. The molecule has 2 atom stereocenters. The molecule has 39 heavy (non-hydrogen) atoms. The number of carbonyl (C=O) groups excluding carboxylic acids is 1. The van der Waals surface area contributed by atoms with Gasteiger partial charge in [0.2, 0.25) is 0 Å². The molecule has 8 heteroatoms. The summed E-state index contributed by atoms with van der Waals surface area (Å²) >= 11 is 12.2. The van der Waals surface area contributed by atoms with Crippen molar-refractivity contribution in [3.8, 4) is 11.1 Å². The van der Waals surface area contributed by atoms with Gasteiger partial charge in [-0.25, -0.2) is 4.79 Å². The molecule has 0 radical (unpaired) electrons. The fraction of sp³-hybridized carbons (Fsp3) is 0.355. The smallest absolute Gasteiger partial charge is 0.323 e. The summed E-state index contributed by atoms with van der Waals surface area (Å²) in [5, 5.41) is 16.4. The number of benzene rings is 3. The van der Waals surface area contributed by atoms with Crippen molar-refractivity contribution in [1.82, 2.24) is 0 Å². The molecule has 0 heterocycles. The molecule has 6 nitrogen and oxygen atoms in total. The predicted octanol–water partition coefficient (Wildman–Crippen LogP) is 8.61. The van der Waals surface area contributed by atoms with E-state index in [4.69, 9.17) is 23.2 Å². The zero-order valence-corrected chi connectivity index (χ0v) is 24.2. The van der Waals surface area contributed by atoms with Crippen LogP contribution in [0.2, 0.25) is 10.0 Å². The molecule has 1 fully saturated rings. The van der Waals surface area contributed by atoms with E-state index in [-0.39, 0.29) is 17.9 Å². The zero-order valence-electron chi connectivity index (χ0n) is 22.7. The number of anilines is 3. The lowest BCUT2D eigenvalue weighted by Crippen LogP contribution is -2.32. The van der Waals surface area contributed by atoms with Crippen LogP contribution in [0.3, 0.4) is 0 Å². The van der Waals surface area contributed by atoms with Crippen LogP contribution in [0, 0.1) is 17.8 Å². The third-order valence-electron chi connectivity index (χ3n) is 6.71. The molecule has 0 aliphatic heterocycles. The number of hydrogen-bond donors (Lipinski definition) is 3. The average molecular weight is 569 g/mol. The van der Waals surface area contributed by atoms with Gasteiger partial charge in [-0.05, 0) is 77.3 Å². The number of urea groups is 1. The summed E-state index contributed by atoms with van der Waals surface area (Å²) < 4.78 is 0. The van der Waals surface area contributed by atoms with E-state index in [2.05, 4.69) is 43.2 Å². The minimum Gasteiger partial charge on any atom is -0.481 e. The summed E-state index contributed by atoms with van der Waals surface area (Å²) in [4.78, 5) is 26.9. The van der Waals surface area contributed by atoms with E-state index in [1.807, 2.05) is 54.6 Å². The first-order chi connectivity index (χ1) is 18.5. The number of halogens is 2. The molecule has 0 unspecified atom stereocenters. The van der Waals surface area contributed by atoms with Gasteiger partial charge in [0.1, 0.15) is 0 Å². The van der Waals surface area contributed by atoms with Gasteiger partial charge in [-0.1, -0.05) is 75.2 Å². The van der Waals surface area contributed by atoms with Crippen LogP contribution in [0.1, 0.15) is 45.6 Å². The Balaban J connectivity index is 1.55. The second-order valence-electron chi connectivity index (χ2n) is 11.0. The minimum absolute atomic E-state index is 0.0299. The maximum absolute atomic E-state index is 13.1. The van der Waals surface area contributed by atoms with Gasteiger partial charge in [-0.15, -0.1) is 0 Å². The van der Waals surface area contributed by atoms with Crippen molar-refractivity contribution in [3.05, 3.63) is 76.3 Å². The highest BCUT2D eigenvalue weighted by atomic mass is 35.5. The Bertz CT molecular complexity index is 1330. The van der Waals surface area contributed by atoms with Gasteiger partial charge < -0.3 is 20.6 Å². The largest absolute Gasteiger partial charge is 0.481 e. The molecule has 1 aliphatic carbocycles. The average Bonchev–Trinajstić information content (AvgIpc) is 3.67. The molecule has 1 aliphatic rings. The molecule has 0 saturated heterocycles. The number of carboxylic acids is 1. The molecular weight excluding hydrogens is 533 g/mol. The van der Waals surface area contributed by atoms with Crippen molar-refractivity contribution in [2.75, 3.05) is 28.6 Å². The number of amides is 2. The third-order valence-corrected chi connectivity index (χ3v) is 7.45. The van der Waals surface area contributed by atoms with E-state index in [1.165, 1.54) is 0 Å². The van der Waals surface area contributed by atoms with E-state index >= 15 is 0 Å². The standard InChI is InChI=1S/C31H35Cl2N3O3/c1-18(2)16-36(17-19(3)4)29-12-8-22(24-15-25(24)30(37)38)14-28(29)35-31(39)34-23-9-5-20(6-10-23)21-7-11-26(32)27(33)13-21/h5-14,18-19,24-25H,15-17H2,1-4H3,(H,37,38)(H2,34,35,39)/t24-,25-/m1/s1. The molecule has 3 aromatic rings. The third kappa shape index (κ3) is 7.46. The lowest BCUT2D eigenvalue weighted by Gasteiger charge is -2.30. The summed E-state index contributed by atoms with van der Waals surface area (Å²) in [6.07, 6.45) is 0.618. The van der Waals surface area contributed by atoms with Gasteiger partial charge in [0.15, 0.2) is 0 Å². The molecule has 0 spiro atoms. The first-order valence-electron chi connectivity index (χ1n) is 13.3. The predicted molar refractivity (Wildman–Crippen MR) is 161 cm³/mol. The van der Waals surface area contributed by atoms with E-state index in [0.717, 1.165) is 35.5 Å². The van der Waals surface area contributed by atoms with E-state index in [0.29, 0.717) is 39.7 Å². The van der Waals surface area contributed by atoms with Gasteiger partial charge in [0.05, 0.1) is 27.3 Å².